The zero-order valence-electron chi connectivity index (χ0n) is 11.2. The van der Waals surface area contributed by atoms with Crippen molar-refractivity contribution in [2.45, 2.75) is 30.5 Å². The van der Waals surface area contributed by atoms with Crippen LogP contribution < -0.4 is 10.0 Å². The Morgan fingerprint density at radius 3 is 2.50 bits per heavy atom. The molecule has 4 nitrogen and oxygen atoms in total. The SMILES string of the molecule is CNCCC(C)NS(=O)(=O)c1cccc(C(F)(F)F)c1. The molecule has 1 rings (SSSR count). The van der Waals surface area contributed by atoms with Gasteiger partial charge in [0.15, 0.2) is 0 Å². The molecule has 0 saturated heterocycles. The highest BCUT2D eigenvalue weighted by atomic mass is 32.2. The molecule has 20 heavy (non-hydrogen) atoms. The fraction of sp³-hybridized carbons (Fsp3) is 0.500. The van der Waals surface area contributed by atoms with E-state index in [1.807, 2.05) is 0 Å². The third kappa shape index (κ3) is 4.77. The Bertz CT molecular complexity index is 544. The summed E-state index contributed by atoms with van der Waals surface area (Å²) in [4.78, 5) is -0.386. The van der Waals surface area contributed by atoms with Crippen LogP contribution in [0.5, 0.6) is 0 Å². The van der Waals surface area contributed by atoms with E-state index in [0.717, 1.165) is 18.2 Å². The van der Waals surface area contributed by atoms with Gasteiger partial charge >= 0.3 is 6.18 Å². The predicted molar refractivity (Wildman–Crippen MR) is 69.8 cm³/mol. The second kappa shape index (κ2) is 6.55. The molecule has 0 spiro atoms. The first-order valence-electron chi connectivity index (χ1n) is 6.01. The summed E-state index contributed by atoms with van der Waals surface area (Å²) in [7, 11) is -2.22. The van der Waals surface area contributed by atoms with Crippen molar-refractivity contribution in [1.82, 2.24) is 10.0 Å². The molecule has 0 aliphatic rings. The molecule has 0 aromatic heterocycles. The van der Waals surface area contributed by atoms with Gasteiger partial charge in [-0.05, 0) is 45.1 Å². The molecule has 0 heterocycles. The largest absolute Gasteiger partial charge is 0.416 e. The van der Waals surface area contributed by atoms with Crippen molar-refractivity contribution in [3.8, 4) is 0 Å². The quantitative estimate of drug-likeness (QED) is 0.845. The number of nitrogens with one attached hydrogen (secondary N) is 2. The number of hydrogen-bond donors (Lipinski definition) is 2. The van der Waals surface area contributed by atoms with Gasteiger partial charge in [-0.3, -0.25) is 0 Å². The number of alkyl halides is 3. The molecule has 114 valence electrons. The van der Waals surface area contributed by atoms with Crippen LogP contribution in [0.4, 0.5) is 13.2 Å². The van der Waals surface area contributed by atoms with E-state index in [1.54, 1.807) is 14.0 Å². The molecule has 0 aliphatic carbocycles. The summed E-state index contributed by atoms with van der Waals surface area (Å²) in [6.07, 6.45) is -4.03. The second-order valence-electron chi connectivity index (χ2n) is 4.44. The maximum atomic E-state index is 12.6. The molecule has 0 radical (unpaired) electrons. The van der Waals surface area contributed by atoms with E-state index >= 15 is 0 Å². The molecule has 1 aromatic rings. The smallest absolute Gasteiger partial charge is 0.320 e. The lowest BCUT2D eigenvalue weighted by atomic mass is 10.2. The molecular weight excluding hydrogens is 293 g/mol. The highest BCUT2D eigenvalue weighted by Gasteiger charge is 2.31. The van der Waals surface area contributed by atoms with Crippen molar-refractivity contribution in [3.05, 3.63) is 29.8 Å². The van der Waals surface area contributed by atoms with Crippen LogP contribution in [-0.2, 0) is 16.2 Å². The first kappa shape index (κ1) is 16.9. The zero-order chi connectivity index (χ0) is 15.4. The molecule has 0 bridgehead atoms. The summed E-state index contributed by atoms with van der Waals surface area (Å²) >= 11 is 0. The Balaban J connectivity index is 2.93. The van der Waals surface area contributed by atoms with E-state index in [4.69, 9.17) is 0 Å². The Morgan fingerprint density at radius 2 is 1.95 bits per heavy atom. The van der Waals surface area contributed by atoms with E-state index in [-0.39, 0.29) is 10.9 Å². The van der Waals surface area contributed by atoms with E-state index < -0.39 is 21.8 Å². The first-order chi connectivity index (χ1) is 9.16. The minimum Gasteiger partial charge on any atom is -0.320 e. The summed E-state index contributed by atoms with van der Waals surface area (Å²) in [6, 6.07) is 3.32. The van der Waals surface area contributed by atoms with Crippen molar-refractivity contribution in [2.75, 3.05) is 13.6 Å². The molecule has 8 heteroatoms. The number of hydrogen-bond acceptors (Lipinski definition) is 3. The molecule has 0 aliphatic heterocycles. The maximum absolute atomic E-state index is 12.6. The zero-order valence-corrected chi connectivity index (χ0v) is 12.0. The van der Waals surface area contributed by atoms with E-state index in [1.165, 1.54) is 0 Å². The summed E-state index contributed by atoms with van der Waals surface area (Å²) in [5.74, 6) is 0. The van der Waals surface area contributed by atoms with Gasteiger partial charge in [0.05, 0.1) is 10.5 Å². The monoisotopic (exact) mass is 310 g/mol. The van der Waals surface area contributed by atoms with E-state index in [2.05, 4.69) is 10.0 Å². The lowest BCUT2D eigenvalue weighted by molar-refractivity contribution is -0.137. The molecule has 0 saturated carbocycles. The normalized spacial score (nSPS) is 14.2. The Morgan fingerprint density at radius 1 is 1.30 bits per heavy atom. The van der Waals surface area contributed by atoms with Crippen molar-refractivity contribution in [1.29, 1.82) is 0 Å². The highest BCUT2D eigenvalue weighted by molar-refractivity contribution is 7.89. The lowest BCUT2D eigenvalue weighted by Gasteiger charge is -2.15. The fourth-order valence-electron chi connectivity index (χ4n) is 1.59. The summed E-state index contributed by atoms with van der Waals surface area (Å²) in [5.41, 5.74) is -0.983. The average Bonchev–Trinajstić information content (AvgIpc) is 2.35. The summed E-state index contributed by atoms with van der Waals surface area (Å²) in [5, 5.41) is 2.87. The molecule has 1 aromatic carbocycles. The Hall–Kier alpha value is -1.12. The Labute approximate surface area is 116 Å². The van der Waals surface area contributed by atoms with Gasteiger partial charge in [-0.2, -0.15) is 13.2 Å². The van der Waals surface area contributed by atoms with Crippen LogP contribution >= 0.6 is 0 Å². The Kier molecular flexibility index (Phi) is 5.55. The number of sulfonamides is 1. The minimum atomic E-state index is -4.57. The van der Waals surface area contributed by atoms with E-state index in [9.17, 15) is 21.6 Å². The fourth-order valence-corrected chi connectivity index (χ4v) is 2.92. The third-order valence-electron chi connectivity index (χ3n) is 2.66. The molecule has 0 fully saturated rings. The summed E-state index contributed by atoms with van der Waals surface area (Å²) < 4.78 is 64.0. The second-order valence-corrected chi connectivity index (χ2v) is 6.15. The predicted octanol–water partition coefficient (Wildman–Crippen LogP) is 1.98. The van der Waals surface area contributed by atoms with Crippen molar-refractivity contribution in [2.24, 2.45) is 0 Å². The van der Waals surface area contributed by atoms with Crippen molar-refractivity contribution >= 4 is 10.0 Å². The van der Waals surface area contributed by atoms with Gasteiger partial charge in [-0.25, -0.2) is 13.1 Å². The van der Waals surface area contributed by atoms with Crippen LogP contribution in [-0.4, -0.2) is 28.1 Å². The lowest BCUT2D eigenvalue weighted by Crippen LogP contribution is -2.34. The number of benzene rings is 1. The van der Waals surface area contributed by atoms with Gasteiger partial charge in [0.2, 0.25) is 10.0 Å². The molecule has 1 unspecified atom stereocenters. The van der Waals surface area contributed by atoms with Gasteiger partial charge in [-0.15, -0.1) is 0 Å². The molecular formula is C12H17F3N2O2S. The number of rotatable bonds is 6. The molecule has 1 atom stereocenters. The molecule has 0 amide bonds. The van der Waals surface area contributed by atoms with E-state index in [0.29, 0.717) is 19.0 Å². The van der Waals surface area contributed by atoms with Crippen LogP contribution in [0.1, 0.15) is 18.9 Å². The minimum absolute atomic E-state index is 0.373. The van der Waals surface area contributed by atoms with Crippen molar-refractivity contribution in [3.63, 3.8) is 0 Å². The highest BCUT2D eigenvalue weighted by Crippen LogP contribution is 2.30. The van der Waals surface area contributed by atoms with Crippen LogP contribution in [0.2, 0.25) is 0 Å². The standard InChI is InChI=1S/C12H17F3N2O2S/c1-9(6-7-16-2)17-20(18,19)11-5-3-4-10(8-11)12(13,14)15/h3-5,8-9,16-17H,6-7H2,1-2H3. The third-order valence-corrected chi connectivity index (χ3v) is 4.24. The first-order valence-corrected chi connectivity index (χ1v) is 7.49. The summed E-state index contributed by atoms with van der Waals surface area (Å²) in [6.45, 7) is 2.26. The average molecular weight is 310 g/mol. The van der Waals surface area contributed by atoms with Crippen LogP contribution in [0.25, 0.3) is 0 Å². The molecule has 2 N–H and O–H groups in total. The van der Waals surface area contributed by atoms with Gasteiger partial charge in [-0.1, -0.05) is 6.07 Å². The van der Waals surface area contributed by atoms with Gasteiger partial charge in [0, 0.05) is 6.04 Å². The number of halogens is 3. The maximum Gasteiger partial charge on any atom is 0.416 e. The van der Waals surface area contributed by atoms with Gasteiger partial charge in [0.25, 0.3) is 0 Å². The topological polar surface area (TPSA) is 58.2 Å². The van der Waals surface area contributed by atoms with Crippen molar-refractivity contribution < 1.29 is 21.6 Å². The van der Waals surface area contributed by atoms with Crippen LogP contribution in [0, 0.1) is 0 Å². The van der Waals surface area contributed by atoms with Crippen LogP contribution in [0.15, 0.2) is 29.2 Å². The van der Waals surface area contributed by atoms with Gasteiger partial charge in [0.1, 0.15) is 0 Å². The van der Waals surface area contributed by atoms with Gasteiger partial charge < -0.3 is 5.32 Å². The van der Waals surface area contributed by atoms with Crippen LogP contribution in [0.3, 0.4) is 0 Å².